The number of benzene rings is 2. The van der Waals surface area contributed by atoms with Gasteiger partial charge in [0.25, 0.3) is 0 Å². The molecule has 2 rings (SSSR count). The van der Waals surface area contributed by atoms with Crippen LogP contribution in [0.25, 0.3) is 0 Å². The van der Waals surface area contributed by atoms with E-state index in [4.69, 9.17) is 4.18 Å². The Morgan fingerprint density at radius 2 is 1.19 bits per heavy atom. The normalized spacial score (nSPS) is 9.50. The third kappa shape index (κ3) is 7.17. The van der Waals surface area contributed by atoms with Gasteiger partial charge in [-0.25, -0.2) is 0 Å². The number of aromatic hydroxyl groups is 1. The van der Waals surface area contributed by atoms with Gasteiger partial charge in [0.1, 0.15) is 11.5 Å². The van der Waals surface area contributed by atoms with Crippen molar-refractivity contribution in [2.24, 2.45) is 0 Å². The van der Waals surface area contributed by atoms with Crippen LogP contribution in [0.2, 0.25) is 0 Å². The van der Waals surface area contributed by atoms with E-state index in [9.17, 15) is 5.11 Å². The molecule has 0 saturated carbocycles. The summed E-state index contributed by atoms with van der Waals surface area (Å²) < 4.78 is 5.61. The van der Waals surface area contributed by atoms with Gasteiger partial charge < -0.3 is 9.29 Å². The zero-order chi connectivity index (χ0) is 20.3. The van der Waals surface area contributed by atoms with Gasteiger partial charge in [-0.05, 0) is 67.5 Å². The van der Waals surface area contributed by atoms with E-state index in [0.717, 1.165) is 34.4 Å². The minimum atomic E-state index is 0.398. The fraction of sp³-hybridized carbons (Fsp3) is 0.391. The molecule has 0 spiro atoms. The van der Waals surface area contributed by atoms with Gasteiger partial charge in [0.05, 0.1) is 12.0 Å². The maximum atomic E-state index is 9.86. The van der Waals surface area contributed by atoms with Crippen molar-refractivity contribution >= 4 is 12.0 Å². The van der Waals surface area contributed by atoms with Gasteiger partial charge in [-0.1, -0.05) is 44.5 Å². The van der Waals surface area contributed by atoms with Crippen LogP contribution in [0, 0.1) is 27.7 Å². The van der Waals surface area contributed by atoms with Crippen LogP contribution in [0.5, 0.6) is 11.5 Å². The van der Waals surface area contributed by atoms with E-state index >= 15 is 0 Å². The van der Waals surface area contributed by atoms with Crippen molar-refractivity contribution in [1.82, 2.24) is 0 Å². The Hall–Kier alpha value is -1.87. The molecule has 0 aliphatic carbocycles. The molecule has 0 heterocycles. The summed E-state index contributed by atoms with van der Waals surface area (Å²) in [4.78, 5) is 0. The van der Waals surface area contributed by atoms with Crippen LogP contribution in [0.15, 0.2) is 37.4 Å². The summed E-state index contributed by atoms with van der Waals surface area (Å²) in [5, 5.41) is 9.86. The lowest BCUT2D eigenvalue weighted by Gasteiger charge is -2.13. The van der Waals surface area contributed by atoms with Crippen LogP contribution in [0.1, 0.15) is 53.6 Å². The van der Waals surface area contributed by atoms with E-state index in [1.54, 1.807) is 0 Å². The molecule has 0 amide bonds. The second-order valence-corrected chi connectivity index (χ2v) is 6.77. The summed E-state index contributed by atoms with van der Waals surface area (Å²) in [6, 6.07) is 8.46. The molecule has 0 fully saturated rings. The zero-order valence-electron chi connectivity index (χ0n) is 17.4. The van der Waals surface area contributed by atoms with Gasteiger partial charge in [0, 0.05) is 6.26 Å². The van der Waals surface area contributed by atoms with E-state index in [1.165, 1.54) is 29.6 Å². The van der Waals surface area contributed by atoms with Crippen molar-refractivity contribution in [1.29, 1.82) is 0 Å². The van der Waals surface area contributed by atoms with Crippen LogP contribution in [-0.2, 0) is 6.42 Å². The van der Waals surface area contributed by atoms with Gasteiger partial charge in [-0.2, -0.15) is 0 Å². The van der Waals surface area contributed by atoms with Crippen molar-refractivity contribution in [2.45, 2.75) is 54.4 Å². The first kappa shape index (κ1) is 24.1. The lowest BCUT2D eigenvalue weighted by atomic mass is 9.97. The average Bonchev–Trinajstić information content (AvgIpc) is 2.58. The molecule has 144 valence electrons. The number of rotatable bonds is 4. The Balaban J connectivity index is 0.00000113. The number of hydrogen-bond donors (Lipinski definition) is 1. The Morgan fingerprint density at radius 3 is 1.54 bits per heavy atom. The minimum absolute atomic E-state index is 0.398. The molecule has 0 atom stereocenters. The molecular formula is C23H34O2S. The Kier molecular flexibility index (Phi) is 11.6. The van der Waals surface area contributed by atoms with Crippen LogP contribution >= 0.6 is 12.0 Å². The first-order valence-electron chi connectivity index (χ1n) is 8.93. The maximum absolute atomic E-state index is 9.86. The molecule has 0 unspecified atom stereocenters. The summed E-state index contributed by atoms with van der Waals surface area (Å²) in [6.45, 7) is 18.3. The van der Waals surface area contributed by atoms with Gasteiger partial charge in [0.15, 0.2) is 0 Å². The fourth-order valence-corrected chi connectivity index (χ4v) is 3.17. The van der Waals surface area contributed by atoms with E-state index in [0.29, 0.717) is 5.75 Å². The van der Waals surface area contributed by atoms with Gasteiger partial charge in [-0.3, -0.25) is 0 Å². The average molecular weight is 375 g/mol. The number of aryl methyl sites for hydroxylation is 4. The molecule has 0 aliphatic rings. The fourth-order valence-electron chi connectivity index (χ4n) is 2.74. The summed E-state index contributed by atoms with van der Waals surface area (Å²) in [5.74, 6) is 1.36. The molecule has 1 N–H and O–H groups in total. The smallest absolute Gasteiger partial charge is 0.143 e. The quantitative estimate of drug-likeness (QED) is 0.457. The lowest BCUT2D eigenvalue weighted by Crippen LogP contribution is -1.95. The molecular weight excluding hydrogens is 340 g/mol. The lowest BCUT2D eigenvalue weighted by molar-refractivity contribution is 0.466. The third-order valence-electron chi connectivity index (χ3n) is 3.65. The van der Waals surface area contributed by atoms with Gasteiger partial charge in [0.2, 0.25) is 0 Å². The van der Waals surface area contributed by atoms with Crippen molar-refractivity contribution in [2.75, 3.05) is 6.26 Å². The number of phenols is 1. The van der Waals surface area contributed by atoms with Crippen LogP contribution in [0.3, 0.4) is 0 Å². The summed E-state index contributed by atoms with van der Waals surface area (Å²) in [6.07, 6.45) is 4.04. The molecule has 2 aromatic rings. The number of phenolic OH excluding ortho intramolecular Hbond substituents is 1. The molecule has 0 aromatic heterocycles. The van der Waals surface area contributed by atoms with Crippen molar-refractivity contribution < 1.29 is 9.29 Å². The predicted molar refractivity (Wildman–Crippen MR) is 118 cm³/mol. The van der Waals surface area contributed by atoms with Gasteiger partial charge in [-0.15, -0.1) is 13.2 Å². The first-order valence-corrected chi connectivity index (χ1v) is 10.1. The molecule has 3 heteroatoms. The zero-order valence-corrected chi connectivity index (χ0v) is 18.2. The molecule has 26 heavy (non-hydrogen) atoms. The summed E-state index contributed by atoms with van der Waals surface area (Å²) in [5.41, 5.74) is 6.67. The topological polar surface area (TPSA) is 29.5 Å². The van der Waals surface area contributed by atoms with Crippen LogP contribution in [-0.4, -0.2) is 11.4 Å². The first-order chi connectivity index (χ1) is 12.3. The van der Waals surface area contributed by atoms with E-state index < -0.39 is 0 Å². The molecule has 2 nitrogen and oxygen atoms in total. The highest BCUT2D eigenvalue weighted by molar-refractivity contribution is 7.94. The van der Waals surface area contributed by atoms with Gasteiger partial charge >= 0.3 is 0 Å². The maximum Gasteiger partial charge on any atom is 0.143 e. The summed E-state index contributed by atoms with van der Waals surface area (Å²) >= 11 is 1.37. The largest absolute Gasteiger partial charge is 0.507 e. The Labute approximate surface area is 164 Å². The SMILES string of the molecule is C=C.CCC.CSOc1c(C)cc(Cc2cc(C)c(O)c(C)c2)cc1C. The Morgan fingerprint density at radius 1 is 0.846 bits per heavy atom. The van der Waals surface area contributed by atoms with Crippen LogP contribution < -0.4 is 4.18 Å². The molecule has 0 radical (unpaired) electrons. The van der Waals surface area contributed by atoms with E-state index in [-0.39, 0.29) is 0 Å². The standard InChI is InChI=1S/C18H22O2S.C3H8.C2H4/c1-11-6-15(7-12(2)17(11)19)10-16-8-13(3)18(20-21-5)14(4)9-16;1-3-2;1-2/h6-9,19H,10H2,1-5H3;3H2,1-2H3;1-2H2. The van der Waals surface area contributed by atoms with Crippen LogP contribution in [0.4, 0.5) is 0 Å². The van der Waals surface area contributed by atoms with Crippen molar-refractivity contribution in [3.05, 3.63) is 70.8 Å². The van der Waals surface area contributed by atoms with E-state index in [1.807, 2.05) is 20.1 Å². The number of hydrogen-bond acceptors (Lipinski definition) is 3. The minimum Gasteiger partial charge on any atom is -0.507 e. The third-order valence-corrected chi connectivity index (χ3v) is 3.98. The second-order valence-electron chi connectivity index (χ2n) is 6.27. The monoisotopic (exact) mass is 374 g/mol. The molecule has 0 saturated heterocycles. The molecule has 0 aliphatic heterocycles. The second kappa shape index (κ2) is 12.5. The highest BCUT2D eigenvalue weighted by atomic mass is 32.2. The summed E-state index contributed by atoms with van der Waals surface area (Å²) in [7, 11) is 0. The highest BCUT2D eigenvalue weighted by Gasteiger charge is 2.09. The highest BCUT2D eigenvalue weighted by Crippen LogP contribution is 2.29. The van der Waals surface area contributed by atoms with E-state index in [2.05, 4.69) is 65.1 Å². The van der Waals surface area contributed by atoms with Crippen molar-refractivity contribution in [3.63, 3.8) is 0 Å². The molecule has 0 bridgehead atoms. The Bertz CT molecular complexity index is 647. The molecule has 2 aromatic carbocycles. The predicted octanol–water partition coefficient (Wildman–Crippen LogP) is 7.09. The van der Waals surface area contributed by atoms with Crippen molar-refractivity contribution in [3.8, 4) is 11.5 Å².